The van der Waals surface area contributed by atoms with Gasteiger partial charge in [-0.1, -0.05) is 24.3 Å². The van der Waals surface area contributed by atoms with Gasteiger partial charge in [-0.15, -0.1) is 0 Å². The molecule has 2 rings (SSSR count). The monoisotopic (exact) mass is 219 g/mol. The minimum Gasteiger partial charge on any atom is -0.399 e. The minimum atomic E-state index is -0.818. The number of rotatable bonds is 2. The Kier molecular flexibility index (Phi) is 2.86. The predicted octanol–water partition coefficient (Wildman–Crippen LogP) is 3.14. The highest BCUT2D eigenvalue weighted by molar-refractivity contribution is 5.42. The third-order valence-electron chi connectivity index (χ3n) is 2.38. The van der Waals surface area contributed by atoms with Gasteiger partial charge in [0.2, 0.25) is 0 Å². The first kappa shape index (κ1) is 10.6. The standard InChI is InChI=1S/C13H11F2N/c14-12-6-2-4-10(13(12)15)7-9-3-1-5-11(16)8-9/h1-6,8H,7,16H2. The van der Waals surface area contributed by atoms with Crippen LogP contribution in [0.1, 0.15) is 11.1 Å². The molecule has 0 radical (unpaired) electrons. The molecule has 0 spiro atoms. The first-order chi connectivity index (χ1) is 7.66. The van der Waals surface area contributed by atoms with E-state index in [0.29, 0.717) is 17.7 Å². The van der Waals surface area contributed by atoms with Crippen LogP contribution in [0.4, 0.5) is 14.5 Å². The lowest BCUT2D eigenvalue weighted by molar-refractivity contribution is 0.501. The van der Waals surface area contributed by atoms with Crippen LogP contribution in [0, 0.1) is 11.6 Å². The molecule has 0 saturated carbocycles. The molecule has 0 aromatic heterocycles. The fraction of sp³-hybridized carbons (Fsp3) is 0.0769. The van der Waals surface area contributed by atoms with Gasteiger partial charge in [-0.05, 0) is 29.3 Å². The molecule has 0 unspecified atom stereocenters. The van der Waals surface area contributed by atoms with Gasteiger partial charge in [0.25, 0.3) is 0 Å². The smallest absolute Gasteiger partial charge is 0.162 e. The lowest BCUT2D eigenvalue weighted by atomic mass is 10.0. The Balaban J connectivity index is 2.31. The molecule has 0 amide bonds. The Morgan fingerprint density at radius 3 is 2.50 bits per heavy atom. The molecule has 2 aromatic rings. The highest BCUT2D eigenvalue weighted by atomic mass is 19.2. The fourth-order valence-corrected chi connectivity index (χ4v) is 1.61. The lowest BCUT2D eigenvalue weighted by Gasteiger charge is -2.04. The second-order valence-electron chi connectivity index (χ2n) is 3.63. The average Bonchev–Trinajstić information content (AvgIpc) is 2.25. The Morgan fingerprint density at radius 1 is 1.00 bits per heavy atom. The van der Waals surface area contributed by atoms with E-state index in [1.165, 1.54) is 6.07 Å². The summed E-state index contributed by atoms with van der Waals surface area (Å²) < 4.78 is 26.3. The Hall–Kier alpha value is -1.90. The van der Waals surface area contributed by atoms with Gasteiger partial charge in [0, 0.05) is 12.1 Å². The van der Waals surface area contributed by atoms with Crippen LogP contribution in [-0.2, 0) is 6.42 Å². The molecule has 0 aliphatic heterocycles. The van der Waals surface area contributed by atoms with Gasteiger partial charge in [0.15, 0.2) is 11.6 Å². The number of nitrogens with two attached hydrogens (primary N) is 1. The summed E-state index contributed by atoms with van der Waals surface area (Å²) in [5.41, 5.74) is 7.44. The van der Waals surface area contributed by atoms with E-state index in [1.807, 2.05) is 6.07 Å². The van der Waals surface area contributed by atoms with Gasteiger partial charge in [-0.25, -0.2) is 8.78 Å². The fourth-order valence-electron chi connectivity index (χ4n) is 1.61. The van der Waals surface area contributed by atoms with Gasteiger partial charge < -0.3 is 5.73 Å². The molecule has 16 heavy (non-hydrogen) atoms. The molecule has 0 aliphatic carbocycles. The van der Waals surface area contributed by atoms with Crippen molar-refractivity contribution in [3.8, 4) is 0 Å². The Labute approximate surface area is 92.5 Å². The van der Waals surface area contributed by atoms with E-state index in [2.05, 4.69) is 0 Å². The van der Waals surface area contributed by atoms with E-state index < -0.39 is 11.6 Å². The Morgan fingerprint density at radius 2 is 1.75 bits per heavy atom. The number of benzene rings is 2. The first-order valence-corrected chi connectivity index (χ1v) is 4.94. The molecular formula is C13H11F2N. The molecule has 0 bridgehead atoms. The molecule has 0 heterocycles. The highest BCUT2D eigenvalue weighted by Crippen LogP contribution is 2.17. The molecule has 0 fully saturated rings. The summed E-state index contributed by atoms with van der Waals surface area (Å²) >= 11 is 0. The highest BCUT2D eigenvalue weighted by Gasteiger charge is 2.07. The maximum Gasteiger partial charge on any atom is 0.162 e. The van der Waals surface area contributed by atoms with E-state index >= 15 is 0 Å². The van der Waals surface area contributed by atoms with Gasteiger partial charge >= 0.3 is 0 Å². The van der Waals surface area contributed by atoms with Crippen molar-refractivity contribution in [1.82, 2.24) is 0 Å². The lowest BCUT2D eigenvalue weighted by Crippen LogP contribution is -1.96. The zero-order valence-electron chi connectivity index (χ0n) is 8.58. The maximum atomic E-state index is 13.4. The summed E-state index contributed by atoms with van der Waals surface area (Å²) in [5.74, 6) is -1.61. The van der Waals surface area contributed by atoms with Gasteiger partial charge in [-0.3, -0.25) is 0 Å². The number of anilines is 1. The van der Waals surface area contributed by atoms with Crippen LogP contribution in [0.5, 0.6) is 0 Å². The van der Waals surface area contributed by atoms with Crippen molar-refractivity contribution < 1.29 is 8.78 Å². The van der Waals surface area contributed by atoms with Crippen molar-refractivity contribution in [1.29, 1.82) is 0 Å². The second-order valence-corrected chi connectivity index (χ2v) is 3.63. The molecule has 0 saturated heterocycles. The average molecular weight is 219 g/mol. The summed E-state index contributed by atoms with van der Waals surface area (Å²) in [6, 6.07) is 11.3. The third kappa shape index (κ3) is 2.19. The number of halogens is 2. The number of nitrogen functional groups attached to an aromatic ring is 1. The van der Waals surface area contributed by atoms with E-state index in [9.17, 15) is 8.78 Å². The van der Waals surface area contributed by atoms with Crippen LogP contribution in [0.15, 0.2) is 42.5 Å². The molecule has 0 aliphatic rings. The normalized spacial score (nSPS) is 10.4. The van der Waals surface area contributed by atoms with Crippen molar-refractivity contribution in [2.75, 3.05) is 5.73 Å². The third-order valence-corrected chi connectivity index (χ3v) is 2.38. The molecule has 3 heteroatoms. The molecule has 2 N–H and O–H groups in total. The van der Waals surface area contributed by atoms with E-state index in [1.54, 1.807) is 24.3 Å². The van der Waals surface area contributed by atoms with Crippen molar-refractivity contribution in [3.05, 3.63) is 65.2 Å². The van der Waals surface area contributed by atoms with Crippen molar-refractivity contribution in [2.45, 2.75) is 6.42 Å². The second kappa shape index (κ2) is 4.31. The van der Waals surface area contributed by atoms with Crippen molar-refractivity contribution in [2.24, 2.45) is 0 Å². The topological polar surface area (TPSA) is 26.0 Å². The van der Waals surface area contributed by atoms with Gasteiger partial charge in [0.1, 0.15) is 0 Å². The van der Waals surface area contributed by atoms with Crippen molar-refractivity contribution >= 4 is 5.69 Å². The summed E-state index contributed by atoms with van der Waals surface area (Å²) in [7, 11) is 0. The first-order valence-electron chi connectivity index (χ1n) is 4.94. The van der Waals surface area contributed by atoms with Gasteiger partial charge in [0.05, 0.1) is 0 Å². The van der Waals surface area contributed by atoms with Gasteiger partial charge in [-0.2, -0.15) is 0 Å². The van der Waals surface area contributed by atoms with E-state index in [4.69, 9.17) is 5.73 Å². The Bertz CT molecular complexity index is 509. The predicted molar refractivity (Wildman–Crippen MR) is 60.0 cm³/mol. The summed E-state index contributed by atoms with van der Waals surface area (Å²) in [6.45, 7) is 0. The maximum absolute atomic E-state index is 13.4. The van der Waals surface area contributed by atoms with Crippen LogP contribution in [0.2, 0.25) is 0 Å². The summed E-state index contributed by atoms with van der Waals surface area (Å²) in [5, 5.41) is 0. The quantitative estimate of drug-likeness (QED) is 0.771. The van der Waals surface area contributed by atoms with Crippen LogP contribution < -0.4 is 5.73 Å². The summed E-state index contributed by atoms with van der Waals surface area (Å²) in [6.07, 6.45) is 0.342. The van der Waals surface area contributed by atoms with Crippen LogP contribution in [0.25, 0.3) is 0 Å². The molecule has 0 atom stereocenters. The molecule has 82 valence electrons. The molecular weight excluding hydrogens is 208 g/mol. The van der Waals surface area contributed by atoms with E-state index in [0.717, 1.165) is 11.6 Å². The summed E-state index contributed by atoms with van der Waals surface area (Å²) in [4.78, 5) is 0. The zero-order chi connectivity index (χ0) is 11.5. The minimum absolute atomic E-state index is 0.339. The molecule has 2 aromatic carbocycles. The molecule has 1 nitrogen and oxygen atoms in total. The number of hydrogen-bond donors (Lipinski definition) is 1. The van der Waals surface area contributed by atoms with Crippen LogP contribution in [0.3, 0.4) is 0 Å². The number of hydrogen-bond acceptors (Lipinski definition) is 1. The largest absolute Gasteiger partial charge is 0.399 e. The zero-order valence-corrected chi connectivity index (χ0v) is 8.58. The van der Waals surface area contributed by atoms with Crippen LogP contribution >= 0.6 is 0 Å². The SMILES string of the molecule is Nc1cccc(Cc2cccc(F)c2F)c1. The van der Waals surface area contributed by atoms with Crippen molar-refractivity contribution in [3.63, 3.8) is 0 Å². The van der Waals surface area contributed by atoms with Crippen LogP contribution in [-0.4, -0.2) is 0 Å². The van der Waals surface area contributed by atoms with E-state index in [-0.39, 0.29) is 0 Å².